The number of nitrogens with one attached hydrogen (secondary N) is 2. The second-order valence-electron chi connectivity index (χ2n) is 6.55. The minimum Gasteiger partial charge on any atom is -0.497 e. The zero-order valence-corrected chi connectivity index (χ0v) is 16.9. The maximum Gasteiger partial charge on any atom is 0.257 e. The molecule has 0 aliphatic rings. The Kier molecular flexibility index (Phi) is 6.19. The number of amides is 1. The molecule has 29 heavy (non-hydrogen) atoms. The van der Waals surface area contributed by atoms with E-state index in [0.717, 1.165) is 5.69 Å². The minimum atomic E-state index is -0.239. The number of pyridine rings is 1. The van der Waals surface area contributed by atoms with E-state index in [1.165, 1.54) is 6.20 Å². The van der Waals surface area contributed by atoms with Gasteiger partial charge in [-0.3, -0.25) is 9.78 Å². The van der Waals surface area contributed by atoms with Crippen LogP contribution in [0.5, 0.6) is 11.5 Å². The Bertz CT molecular complexity index is 988. The van der Waals surface area contributed by atoms with E-state index >= 15 is 0 Å². The maximum absolute atomic E-state index is 12.6. The fourth-order valence-electron chi connectivity index (χ4n) is 2.75. The summed E-state index contributed by atoms with van der Waals surface area (Å²) in [5.41, 5.74) is 3.59. The van der Waals surface area contributed by atoms with Crippen molar-refractivity contribution in [2.45, 2.75) is 0 Å². The summed E-state index contributed by atoms with van der Waals surface area (Å²) in [6.07, 6.45) is 3.17. The molecular weight excluding hydrogens is 368 g/mol. The molecule has 1 heterocycles. The number of benzene rings is 2. The van der Waals surface area contributed by atoms with E-state index in [4.69, 9.17) is 9.47 Å². The third kappa shape index (κ3) is 4.95. The molecule has 0 unspecified atom stereocenters. The number of hydrogen-bond acceptors (Lipinski definition) is 6. The second kappa shape index (κ2) is 8.97. The quantitative estimate of drug-likeness (QED) is 0.629. The molecule has 0 saturated heterocycles. The Hall–Kier alpha value is -3.74. The predicted molar refractivity (Wildman–Crippen MR) is 116 cm³/mol. The monoisotopic (exact) mass is 392 g/mol. The largest absolute Gasteiger partial charge is 0.497 e. The summed E-state index contributed by atoms with van der Waals surface area (Å²) in [6, 6.07) is 14.8. The molecule has 0 aliphatic carbocycles. The van der Waals surface area contributed by atoms with Crippen molar-refractivity contribution in [3.63, 3.8) is 0 Å². The zero-order chi connectivity index (χ0) is 20.8. The zero-order valence-electron chi connectivity index (χ0n) is 16.9. The highest BCUT2D eigenvalue weighted by Gasteiger charge is 2.10. The number of carbonyl (C=O) groups excluding carboxylic acids is 1. The van der Waals surface area contributed by atoms with Gasteiger partial charge in [0.15, 0.2) is 0 Å². The molecule has 0 fully saturated rings. The van der Waals surface area contributed by atoms with Gasteiger partial charge in [0.2, 0.25) is 0 Å². The van der Waals surface area contributed by atoms with Crippen molar-refractivity contribution < 1.29 is 14.3 Å². The first-order valence-corrected chi connectivity index (χ1v) is 9.03. The van der Waals surface area contributed by atoms with Gasteiger partial charge < -0.3 is 25.0 Å². The lowest BCUT2D eigenvalue weighted by molar-refractivity contribution is 0.102. The lowest BCUT2D eigenvalue weighted by Gasteiger charge is -2.14. The highest BCUT2D eigenvalue weighted by Crippen LogP contribution is 2.31. The molecule has 0 radical (unpaired) electrons. The number of rotatable bonds is 7. The van der Waals surface area contributed by atoms with Gasteiger partial charge in [0.25, 0.3) is 5.91 Å². The average molecular weight is 392 g/mol. The normalized spacial score (nSPS) is 10.2. The molecule has 1 amide bonds. The van der Waals surface area contributed by atoms with Crippen LogP contribution in [0.1, 0.15) is 10.4 Å². The summed E-state index contributed by atoms with van der Waals surface area (Å²) in [5, 5.41) is 6.11. The van der Waals surface area contributed by atoms with E-state index < -0.39 is 0 Å². The number of nitrogens with zero attached hydrogens (tertiary/aromatic N) is 2. The number of aromatic nitrogens is 1. The fraction of sp³-hybridized carbons (Fsp3) is 0.182. The van der Waals surface area contributed by atoms with Gasteiger partial charge >= 0.3 is 0 Å². The van der Waals surface area contributed by atoms with Crippen molar-refractivity contribution in [2.75, 3.05) is 43.8 Å². The highest BCUT2D eigenvalue weighted by atomic mass is 16.5. The Morgan fingerprint density at radius 2 is 1.69 bits per heavy atom. The molecule has 0 atom stereocenters. The Morgan fingerprint density at radius 1 is 0.931 bits per heavy atom. The molecule has 3 rings (SSSR count). The standard InChI is InChI=1S/C22H24N4O3/c1-26(2)18-7-5-16(6-8-18)25-22(27)15-11-17(14-23-13-15)24-20-12-19(28-3)9-10-21(20)29-4/h5-14,24H,1-4H3,(H,25,27). The molecule has 7 nitrogen and oxygen atoms in total. The predicted octanol–water partition coefficient (Wildman–Crippen LogP) is 4.16. The number of hydrogen-bond donors (Lipinski definition) is 2. The average Bonchev–Trinajstić information content (AvgIpc) is 2.74. The summed E-state index contributed by atoms with van der Waals surface area (Å²) < 4.78 is 10.6. The van der Waals surface area contributed by atoms with Crippen LogP contribution in [0.4, 0.5) is 22.7 Å². The fourth-order valence-corrected chi connectivity index (χ4v) is 2.75. The molecule has 0 spiro atoms. The van der Waals surface area contributed by atoms with Crippen LogP contribution in [0.3, 0.4) is 0 Å². The Balaban J connectivity index is 1.76. The lowest BCUT2D eigenvalue weighted by atomic mass is 10.2. The van der Waals surface area contributed by atoms with Gasteiger partial charge in [-0.15, -0.1) is 0 Å². The summed E-state index contributed by atoms with van der Waals surface area (Å²) in [7, 11) is 7.13. The van der Waals surface area contributed by atoms with Gasteiger partial charge in [0.1, 0.15) is 11.5 Å². The van der Waals surface area contributed by atoms with Crippen molar-refractivity contribution >= 4 is 28.7 Å². The van der Waals surface area contributed by atoms with Gasteiger partial charge in [0.05, 0.1) is 37.4 Å². The summed E-state index contributed by atoms with van der Waals surface area (Å²) in [5.74, 6) is 1.11. The van der Waals surface area contributed by atoms with Crippen LogP contribution in [-0.2, 0) is 0 Å². The van der Waals surface area contributed by atoms with Gasteiger partial charge in [0, 0.05) is 37.7 Å². The van der Waals surface area contributed by atoms with E-state index in [1.807, 2.05) is 61.5 Å². The van der Waals surface area contributed by atoms with E-state index in [1.54, 1.807) is 26.5 Å². The van der Waals surface area contributed by atoms with Crippen molar-refractivity contribution in [3.05, 3.63) is 66.5 Å². The first-order chi connectivity index (χ1) is 14.0. The number of anilines is 4. The van der Waals surface area contributed by atoms with Gasteiger partial charge in [-0.1, -0.05) is 0 Å². The second-order valence-corrected chi connectivity index (χ2v) is 6.55. The molecule has 2 aromatic carbocycles. The summed E-state index contributed by atoms with van der Waals surface area (Å²) in [6.45, 7) is 0. The summed E-state index contributed by atoms with van der Waals surface area (Å²) >= 11 is 0. The number of carbonyl (C=O) groups is 1. The molecule has 1 aromatic heterocycles. The Labute approximate surface area is 170 Å². The highest BCUT2D eigenvalue weighted by molar-refractivity contribution is 6.04. The molecular formula is C22H24N4O3. The molecule has 0 aliphatic heterocycles. The van der Waals surface area contributed by atoms with E-state index in [9.17, 15) is 4.79 Å². The van der Waals surface area contributed by atoms with Crippen molar-refractivity contribution in [3.8, 4) is 11.5 Å². The minimum absolute atomic E-state index is 0.239. The SMILES string of the molecule is COc1ccc(OC)c(Nc2cncc(C(=O)Nc3ccc(N(C)C)cc3)c2)c1. The van der Waals surface area contributed by atoms with Crippen molar-refractivity contribution in [1.82, 2.24) is 4.98 Å². The third-order valence-electron chi connectivity index (χ3n) is 4.33. The van der Waals surface area contributed by atoms with Crippen LogP contribution in [0.25, 0.3) is 0 Å². The van der Waals surface area contributed by atoms with E-state index in [0.29, 0.717) is 34.1 Å². The smallest absolute Gasteiger partial charge is 0.257 e. The van der Waals surface area contributed by atoms with Crippen LogP contribution >= 0.6 is 0 Å². The first-order valence-electron chi connectivity index (χ1n) is 9.03. The number of ether oxygens (including phenoxy) is 2. The van der Waals surface area contributed by atoms with Gasteiger partial charge in [-0.05, 0) is 42.5 Å². The molecule has 0 saturated carbocycles. The van der Waals surface area contributed by atoms with Crippen LogP contribution in [0.15, 0.2) is 60.9 Å². The first kappa shape index (κ1) is 20.0. The van der Waals surface area contributed by atoms with E-state index in [2.05, 4.69) is 15.6 Å². The third-order valence-corrected chi connectivity index (χ3v) is 4.33. The lowest BCUT2D eigenvalue weighted by Crippen LogP contribution is -2.13. The van der Waals surface area contributed by atoms with Gasteiger partial charge in [-0.25, -0.2) is 0 Å². The van der Waals surface area contributed by atoms with Crippen LogP contribution in [-0.4, -0.2) is 39.2 Å². The van der Waals surface area contributed by atoms with Gasteiger partial charge in [-0.2, -0.15) is 0 Å². The van der Waals surface area contributed by atoms with Crippen LogP contribution < -0.4 is 25.0 Å². The molecule has 7 heteroatoms. The summed E-state index contributed by atoms with van der Waals surface area (Å²) in [4.78, 5) is 18.8. The van der Waals surface area contributed by atoms with Crippen molar-refractivity contribution in [1.29, 1.82) is 0 Å². The van der Waals surface area contributed by atoms with E-state index in [-0.39, 0.29) is 5.91 Å². The van der Waals surface area contributed by atoms with Crippen LogP contribution in [0, 0.1) is 0 Å². The van der Waals surface area contributed by atoms with Crippen LogP contribution in [0.2, 0.25) is 0 Å². The molecule has 150 valence electrons. The van der Waals surface area contributed by atoms with Crippen molar-refractivity contribution in [2.24, 2.45) is 0 Å². The number of methoxy groups -OCH3 is 2. The molecule has 2 N–H and O–H groups in total. The maximum atomic E-state index is 12.6. The molecule has 3 aromatic rings. The topological polar surface area (TPSA) is 75.7 Å². The Morgan fingerprint density at radius 3 is 2.34 bits per heavy atom. The molecule has 0 bridgehead atoms.